The Balaban J connectivity index is 3.20. The first kappa shape index (κ1) is 10.7. The number of methoxy groups -OCH3 is 1. The Morgan fingerprint density at radius 1 is 1.50 bits per heavy atom. The van der Waals surface area contributed by atoms with E-state index in [1.807, 2.05) is 0 Å². The third kappa shape index (κ3) is 2.30. The van der Waals surface area contributed by atoms with Gasteiger partial charge < -0.3 is 14.8 Å². The van der Waals surface area contributed by atoms with Gasteiger partial charge in [-0.15, -0.1) is 0 Å². The maximum absolute atomic E-state index is 11.0. The number of Topliss-reactive ketones (excluding diaryl/α,β-unsaturated/α-hetero) is 1. The normalized spacial score (nSPS) is 9.71. The Hall–Kier alpha value is -1.40. The highest BCUT2D eigenvalue weighted by molar-refractivity contribution is 6.58. The predicted molar refractivity (Wildman–Crippen MR) is 50.6 cm³/mol. The molecule has 14 heavy (non-hydrogen) atoms. The number of rotatable bonds is 3. The Morgan fingerprint density at radius 3 is 2.57 bits per heavy atom. The van der Waals surface area contributed by atoms with Crippen molar-refractivity contribution < 1.29 is 19.6 Å². The van der Waals surface area contributed by atoms with E-state index in [4.69, 9.17) is 14.8 Å². The van der Waals surface area contributed by atoms with Crippen LogP contribution in [-0.2, 0) is 0 Å². The van der Waals surface area contributed by atoms with E-state index in [1.165, 1.54) is 26.2 Å². The number of ether oxygens (including phenoxy) is 1. The number of aromatic nitrogens is 1. The van der Waals surface area contributed by atoms with Crippen molar-refractivity contribution >= 4 is 18.4 Å². The molecule has 1 heterocycles. The molecule has 0 aliphatic carbocycles. The number of carbonyl (C=O) groups is 1. The molecule has 74 valence electrons. The minimum absolute atomic E-state index is 0.146. The Bertz CT molecular complexity index is 353. The van der Waals surface area contributed by atoms with E-state index in [9.17, 15) is 4.79 Å². The van der Waals surface area contributed by atoms with Gasteiger partial charge in [-0.25, -0.2) is 4.98 Å². The Labute approximate surface area is 81.5 Å². The molecule has 0 aliphatic heterocycles. The Morgan fingerprint density at radius 2 is 2.14 bits per heavy atom. The summed E-state index contributed by atoms with van der Waals surface area (Å²) >= 11 is 0. The van der Waals surface area contributed by atoms with Gasteiger partial charge >= 0.3 is 7.12 Å². The molecule has 0 saturated heterocycles. The quantitative estimate of drug-likeness (QED) is 0.476. The molecule has 0 bridgehead atoms. The van der Waals surface area contributed by atoms with E-state index in [1.54, 1.807) is 0 Å². The van der Waals surface area contributed by atoms with Crippen LogP contribution in [0.5, 0.6) is 5.88 Å². The molecule has 0 atom stereocenters. The molecule has 2 N–H and O–H groups in total. The standard InChI is InChI=1S/C8H10BNO4/c1-5(11)7-3-6(9(12)13)4-8(10-7)14-2/h3-4,12-13H,1-2H3. The first-order chi connectivity index (χ1) is 6.54. The lowest BCUT2D eigenvalue weighted by Gasteiger charge is -2.05. The molecule has 0 unspecified atom stereocenters. The molecule has 1 aromatic rings. The number of nitrogens with zero attached hydrogens (tertiary/aromatic N) is 1. The van der Waals surface area contributed by atoms with E-state index in [0.717, 1.165) is 0 Å². The van der Waals surface area contributed by atoms with Gasteiger partial charge in [0.25, 0.3) is 0 Å². The number of pyridine rings is 1. The van der Waals surface area contributed by atoms with Crippen LogP contribution >= 0.6 is 0 Å². The van der Waals surface area contributed by atoms with Gasteiger partial charge in [0.1, 0.15) is 5.69 Å². The summed E-state index contributed by atoms with van der Waals surface area (Å²) in [6, 6.07) is 2.67. The van der Waals surface area contributed by atoms with Crippen molar-refractivity contribution in [3.05, 3.63) is 17.8 Å². The zero-order chi connectivity index (χ0) is 10.7. The van der Waals surface area contributed by atoms with Crippen molar-refractivity contribution in [3.8, 4) is 5.88 Å². The van der Waals surface area contributed by atoms with Crippen molar-refractivity contribution in [2.24, 2.45) is 0 Å². The van der Waals surface area contributed by atoms with E-state index >= 15 is 0 Å². The van der Waals surface area contributed by atoms with Crippen molar-refractivity contribution in [3.63, 3.8) is 0 Å². The topological polar surface area (TPSA) is 79.6 Å². The lowest BCUT2D eigenvalue weighted by Crippen LogP contribution is -2.31. The second kappa shape index (κ2) is 4.21. The molecule has 1 rings (SSSR count). The molecule has 6 heteroatoms. The van der Waals surface area contributed by atoms with Crippen molar-refractivity contribution in [1.82, 2.24) is 4.98 Å². The average molecular weight is 195 g/mol. The maximum atomic E-state index is 11.0. The van der Waals surface area contributed by atoms with E-state index < -0.39 is 7.12 Å². The van der Waals surface area contributed by atoms with Crippen LogP contribution in [0.15, 0.2) is 12.1 Å². The van der Waals surface area contributed by atoms with Crippen LogP contribution < -0.4 is 10.2 Å². The molecule has 0 aromatic carbocycles. The molecule has 0 aliphatic rings. The van der Waals surface area contributed by atoms with Gasteiger partial charge in [0.15, 0.2) is 5.78 Å². The summed E-state index contributed by atoms with van der Waals surface area (Å²) < 4.78 is 4.81. The van der Waals surface area contributed by atoms with Crippen LogP contribution in [0.2, 0.25) is 0 Å². The largest absolute Gasteiger partial charge is 0.488 e. The van der Waals surface area contributed by atoms with Gasteiger partial charge in [0, 0.05) is 13.0 Å². The van der Waals surface area contributed by atoms with Gasteiger partial charge in [-0.1, -0.05) is 0 Å². The zero-order valence-corrected chi connectivity index (χ0v) is 7.89. The summed E-state index contributed by atoms with van der Waals surface area (Å²) in [7, 11) is -0.246. The van der Waals surface area contributed by atoms with Crippen LogP contribution in [0.1, 0.15) is 17.4 Å². The summed E-state index contributed by atoms with van der Waals surface area (Å²) in [4.78, 5) is 14.8. The lowest BCUT2D eigenvalue weighted by molar-refractivity contribution is 0.101. The van der Waals surface area contributed by atoms with Crippen molar-refractivity contribution in [2.75, 3.05) is 7.11 Å². The average Bonchev–Trinajstić information content (AvgIpc) is 2.16. The molecule has 0 spiro atoms. The van der Waals surface area contributed by atoms with Crippen LogP contribution in [-0.4, -0.2) is 35.0 Å². The predicted octanol–water partition coefficient (Wildman–Crippen LogP) is -1.03. The fourth-order valence-electron chi connectivity index (χ4n) is 0.959. The second-order valence-corrected chi connectivity index (χ2v) is 2.76. The van der Waals surface area contributed by atoms with E-state index in [2.05, 4.69) is 4.98 Å². The smallest absolute Gasteiger partial charge is 0.481 e. The monoisotopic (exact) mass is 195 g/mol. The van der Waals surface area contributed by atoms with Gasteiger partial charge in [-0.2, -0.15) is 0 Å². The summed E-state index contributed by atoms with van der Waals surface area (Å²) in [5, 5.41) is 17.8. The summed E-state index contributed by atoms with van der Waals surface area (Å²) in [5.74, 6) is -0.0772. The van der Waals surface area contributed by atoms with Gasteiger partial charge in [0.05, 0.1) is 7.11 Å². The van der Waals surface area contributed by atoms with Gasteiger partial charge in [-0.3, -0.25) is 4.79 Å². The molecular weight excluding hydrogens is 185 g/mol. The summed E-state index contributed by atoms with van der Waals surface area (Å²) in [5.41, 5.74) is 0.328. The van der Waals surface area contributed by atoms with Crippen LogP contribution in [0.25, 0.3) is 0 Å². The maximum Gasteiger partial charge on any atom is 0.488 e. The van der Waals surface area contributed by atoms with Crippen molar-refractivity contribution in [2.45, 2.75) is 6.92 Å². The Kier molecular flexibility index (Phi) is 3.21. The minimum Gasteiger partial charge on any atom is -0.481 e. The number of carbonyl (C=O) groups excluding carboxylic acids is 1. The molecule has 1 aromatic heterocycles. The summed E-state index contributed by atoms with van der Waals surface area (Å²) in [6.45, 7) is 1.34. The fourth-order valence-corrected chi connectivity index (χ4v) is 0.959. The highest BCUT2D eigenvalue weighted by Crippen LogP contribution is 2.05. The fraction of sp³-hybridized carbons (Fsp3) is 0.250. The molecular formula is C8H10BNO4. The highest BCUT2D eigenvalue weighted by Gasteiger charge is 2.15. The third-order valence-electron chi connectivity index (χ3n) is 1.69. The zero-order valence-electron chi connectivity index (χ0n) is 7.89. The van der Waals surface area contributed by atoms with Crippen LogP contribution in [0.3, 0.4) is 0 Å². The van der Waals surface area contributed by atoms with Crippen LogP contribution in [0, 0.1) is 0 Å². The number of ketones is 1. The van der Waals surface area contributed by atoms with Gasteiger partial charge in [0.2, 0.25) is 5.88 Å². The number of hydrogen-bond acceptors (Lipinski definition) is 5. The first-order valence-corrected chi connectivity index (χ1v) is 3.97. The second-order valence-electron chi connectivity index (χ2n) is 2.76. The number of hydrogen-bond donors (Lipinski definition) is 2. The molecule has 0 radical (unpaired) electrons. The van der Waals surface area contributed by atoms with E-state index in [-0.39, 0.29) is 22.8 Å². The molecule has 0 saturated carbocycles. The minimum atomic E-state index is -1.63. The summed E-state index contributed by atoms with van der Waals surface area (Å²) in [6.07, 6.45) is 0. The molecule has 0 fully saturated rings. The van der Waals surface area contributed by atoms with Crippen molar-refractivity contribution in [1.29, 1.82) is 0 Å². The third-order valence-corrected chi connectivity index (χ3v) is 1.69. The molecule has 0 amide bonds. The van der Waals surface area contributed by atoms with Crippen LogP contribution in [0.4, 0.5) is 0 Å². The van der Waals surface area contributed by atoms with Gasteiger partial charge in [-0.05, 0) is 11.5 Å². The first-order valence-electron chi connectivity index (χ1n) is 3.97. The van der Waals surface area contributed by atoms with E-state index in [0.29, 0.717) is 0 Å². The lowest BCUT2D eigenvalue weighted by atomic mass is 9.80. The molecule has 5 nitrogen and oxygen atoms in total. The highest BCUT2D eigenvalue weighted by atomic mass is 16.5. The SMILES string of the molecule is COc1cc(B(O)O)cc(C(C)=O)n1.